The highest BCUT2D eigenvalue weighted by atomic mass is 19.4. The third kappa shape index (κ3) is 17.9. The second-order valence-electron chi connectivity index (χ2n) is 20.4. The monoisotopic (exact) mass is 1200 g/mol. The molecule has 2 aromatic carbocycles. The molecule has 10 N–H and O–H groups in total. The number of imidazole rings is 2. The van der Waals surface area contributed by atoms with Gasteiger partial charge in [0.25, 0.3) is 0 Å². The number of aryl methyl sites for hydroxylation is 4. The molecule has 6 aromatic rings. The van der Waals surface area contributed by atoms with Gasteiger partial charge in [0, 0.05) is 62.8 Å². The lowest BCUT2D eigenvalue weighted by Crippen LogP contribution is -2.50. The fourth-order valence-electron chi connectivity index (χ4n) is 9.92. The molecule has 2 aliphatic heterocycles. The second-order valence-corrected chi connectivity index (χ2v) is 20.4. The summed E-state index contributed by atoms with van der Waals surface area (Å²) in [6.07, 6.45) is -6.31. The van der Waals surface area contributed by atoms with Crippen LogP contribution in [0.5, 0.6) is 0 Å². The van der Waals surface area contributed by atoms with Crippen molar-refractivity contribution in [2.24, 2.45) is 0 Å². The number of carbonyl (C=O) groups excluding carboxylic acids is 2. The number of carboxylic acids is 2. The zero-order valence-electron chi connectivity index (χ0n) is 46.9. The van der Waals surface area contributed by atoms with Crippen LogP contribution < -0.4 is 19.3 Å². The van der Waals surface area contributed by atoms with Gasteiger partial charge in [-0.05, 0) is 101 Å². The number of nitrogens with zero attached hydrogens (tertiary/aromatic N) is 10. The van der Waals surface area contributed by atoms with Gasteiger partial charge in [-0.1, -0.05) is 0 Å². The van der Waals surface area contributed by atoms with E-state index in [2.05, 4.69) is 118 Å². The number of rotatable bonds is 20. The Morgan fingerprint density at radius 3 is 1.13 bits per heavy atom. The molecule has 0 unspecified atom stereocenters. The number of likely N-dealkylation sites (tertiary alicyclic amines) is 2. The summed E-state index contributed by atoms with van der Waals surface area (Å²) >= 11 is 0. The predicted molar refractivity (Wildman–Crippen MR) is 283 cm³/mol. The first kappa shape index (κ1) is 68.6. The van der Waals surface area contributed by atoms with Crippen molar-refractivity contribution < 1.29 is 106 Å². The zero-order chi connectivity index (χ0) is 62.4. The van der Waals surface area contributed by atoms with Crippen LogP contribution in [0, 0.1) is 0 Å². The standard InChI is InChI=1S/2C25H38N5O5.2C2HF3O2/c2*1-3-28-16-29(4-2)21-11-17(5-6-20(21)28)18-12-26-30(13-18)19-7-9-27(10-8-19)14-22(32)24(34)25(35)23(33)15-31;2*3-2(4,5)1(6)7/h2*5-6,11-13,16,19,22-25,31-35H,3-4,7-10,14-15H2,1-2H3;2*(H,6,7)/q2*+1;;/p-2/t2*22-,23+,24+,25+;;/m00../s1. The summed E-state index contributed by atoms with van der Waals surface area (Å²) in [5.41, 5.74) is 9.31. The molecule has 2 aliphatic rings. The third-order valence-corrected chi connectivity index (χ3v) is 14.8. The van der Waals surface area contributed by atoms with Gasteiger partial charge in [0.15, 0.2) is 22.1 Å². The molecule has 0 amide bonds. The molecule has 0 saturated carbocycles. The minimum Gasteiger partial charge on any atom is -0.542 e. The number of aliphatic carboxylic acids is 2. The van der Waals surface area contributed by atoms with E-state index in [9.17, 15) is 67.2 Å². The highest BCUT2D eigenvalue weighted by molar-refractivity contribution is 5.81. The molecule has 0 aliphatic carbocycles. The summed E-state index contributed by atoms with van der Waals surface area (Å²) in [4.78, 5) is 21.6. The molecule has 0 spiro atoms. The smallest absolute Gasteiger partial charge is 0.430 e. The molecule has 2 fully saturated rings. The maximum Gasteiger partial charge on any atom is 0.430 e. The van der Waals surface area contributed by atoms with E-state index in [1.54, 1.807) is 0 Å². The lowest BCUT2D eigenvalue weighted by molar-refractivity contribution is -0.668. The van der Waals surface area contributed by atoms with Crippen LogP contribution >= 0.6 is 0 Å². The maximum absolute atomic E-state index is 10.5. The van der Waals surface area contributed by atoms with Crippen molar-refractivity contribution in [1.82, 2.24) is 38.5 Å². The van der Waals surface area contributed by atoms with E-state index in [0.717, 1.165) is 100 Å². The minimum atomic E-state index is -5.19. The van der Waals surface area contributed by atoms with Crippen molar-refractivity contribution in [3.8, 4) is 22.3 Å². The van der Waals surface area contributed by atoms with E-state index in [4.69, 9.17) is 30.0 Å². The number of carbonyl (C=O) groups is 2. The molecule has 8 atom stereocenters. The number of halogens is 6. The SMILES string of the molecule is CCn1c[n+](CC)c2ccc(-c3cnn(C4CCN(C[C@H](O)[C@@H](O)[C@H](O)[C@H](O)CO)CC4)c3)cc21.CCn1c[n+](CC)c2ccc(-c3cnn(C4CCN(C[C@H](O)[C@@H](O)[C@H](O)[C@H](O)CO)CC4)c3)cc21.O=C([O-])C(F)(F)F.O=C([O-])C(F)(F)F. The average molecular weight is 1200 g/mol. The largest absolute Gasteiger partial charge is 0.542 e. The lowest BCUT2D eigenvalue weighted by atomic mass is 10.0. The molecular weight excluding hydrogens is 1130 g/mol. The van der Waals surface area contributed by atoms with Gasteiger partial charge in [0.2, 0.25) is 12.7 Å². The highest BCUT2D eigenvalue weighted by Crippen LogP contribution is 2.30. The van der Waals surface area contributed by atoms with Crippen molar-refractivity contribution in [2.45, 2.75) is 153 Å². The van der Waals surface area contributed by atoms with Crippen LogP contribution in [0.4, 0.5) is 26.3 Å². The molecule has 0 bridgehead atoms. The van der Waals surface area contributed by atoms with Crippen LogP contribution in [-0.2, 0) is 35.8 Å². The van der Waals surface area contributed by atoms with Crippen LogP contribution in [0.1, 0.15) is 65.5 Å². The normalized spacial score (nSPS) is 17.9. The van der Waals surface area contributed by atoms with Gasteiger partial charge in [-0.3, -0.25) is 9.36 Å². The summed E-state index contributed by atoms with van der Waals surface area (Å²) in [5, 5.41) is 124. The Balaban J connectivity index is 0.000000250. The maximum atomic E-state index is 10.5. The minimum absolute atomic E-state index is 0.183. The van der Waals surface area contributed by atoms with Gasteiger partial charge in [0.1, 0.15) is 48.6 Å². The predicted octanol–water partition coefficient (Wildman–Crippen LogP) is -1.59. The van der Waals surface area contributed by atoms with Crippen molar-refractivity contribution in [3.63, 3.8) is 0 Å². The van der Waals surface area contributed by atoms with Crippen molar-refractivity contribution in [1.29, 1.82) is 0 Å². The summed E-state index contributed by atoms with van der Waals surface area (Å²) in [6, 6.07) is 13.6. The van der Waals surface area contributed by atoms with E-state index < -0.39 is 86.3 Å². The van der Waals surface area contributed by atoms with Crippen LogP contribution in [0.3, 0.4) is 0 Å². The number of hydrogen-bond donors (Lipinski definition) is 10. The summed E-state index contributed by atoms with van der Waals surface area (Å²) < 4.78 is 76.2. The number of benzene rings is 2. The van der Waals surface area contributed by atoms with Gasteiger partial charge in [-0.2, -0.15) is 36.5 Å². The Morgan fingerprint density at radius 2 is 0.857 bits per heavy atom. The molecule has 4 aromatic heterocycles. The van der Waals surface area contributed by atoms with Crippen LogP contribution in [0.25, 0.3) is 44.3 Å². The number of alkyl halides is 6. The second kappa shape index (κ2) is 30.8. The molecular formula is C54H76F6N10O14. The van der Waals surface area contributed by atoms with Crippen molar-refractivity contribution >= 4 is 34.0 Å². The number of aliphatic hydroxyl groups excluding tert-OH is 10. The Morgan fingerprint density at radius 1 is 0.548 bits per heavy atom. The van der Waals surface area contributed by atoms with E-state index in [0.29, 0.717) is 0 Å². The number of aliphatic hydroxyl groups is 10. The van der Waals surface area contributed by atoms with Gasteiger partial charge in [-0.15, -0.1) is 0 Å². The fourth-order valence-corrected chi connectivity index (χ4v) is 9.92. The molecule has 468 valence electrons. The fraction of sp³-hybridized carbons (Fsp3) is 0.593. The van der Waals surface area contributed by atoms with Gasteiger partial charge in [-0.25, -0.2) is 18.3 Å². The van der Waals surface area contributed by atoms with E-state index in [-0.39, 0.29) is 25.2 Å². The number of aromatic nitrogens is 8. The molecule has 84 heavy (non-hydrogen) atoms. The first-order valence-corrected chi connectivity index (χ1v) is 27.4. The first-order valence-electron chi connectivity index (χ1n) is 27.4. The lowest BCUT2D eigenvalue weighted by Gasteiger charge is -2.35. The average Bonchev–Trinajstić information content (AvgIpc) is 3.36. The molecule has 2 saturated heterocycles. The zero-order valence-corrected chi connectivity index (χ0v) is 46.9. The molecule has 8 rings (SSSR count). The van der Waals surface area contributed by atoms with Gasteiger partial charge >= 0.3 is 12.4 Å². The number of fused-ring (bicyclic) bond motifs is 2. The summed E-state index contributed by atoms with van der Waals surface area (Å²) in [5.74, 6) is -6.01. The molecule has 24 nitrogen and oxygen atoms in total. The van der Waals surface area contributed by atoms with E-state index in [1.807, 2.05) is 31.6 Å². The third-order valence-electron chi connectivity index (χ3n) is 14.8. The van der Waals surface area contributed by atoms with Gasteiger partial charge < -0.3 is 80.7 Å². The molecule has 30 heteroatoms. The summed E-state index contributed by atoms with van der Waals surface area (Å²) in [6.45, 7) is 14.2. The number of carboxylic acid groups (broad SMARTS) is 2. The van der Waals surface area contributed by atoms with Crippen molar-refractivity contribution in [2.75, 3.05) is 52.5 Å². The van der Waals surface area contributed by atoms with E-state index in [1.165, 1.54) is 22.1 Å². The molecule has 0 radical (unpaired) electrons. The highest BCUT2D eigenvalue weighted by Gasteiger charge is 2.35. The van der Waals surface area contributed by atoms with Crippen LogP contribution in [0.15, 0.2) is 73.8 Å². The number of β-amino-alcohol motifs (C(OH)–C–C–N with tert-alkyl or cyclic N) is 2. The quantitative estimate of drug-likeness (QED) is 0.0304. The Labute approximate surface area is 479 Å². The van der Waals surface area contributed by atoms with Crippen molar-refractivity contribution in [3.05, 3.63) is 73.8 Å². The Hall–Kier alpha value is -6.16. The topological polar surface area (TPSA) is 342 Å². The number of piperidine rings is 2. The molecule has 6 heterocycles. The Bertz CT molecular complexity index is 2810. The number of hydrogen-bond acceptors (Lipinski definition) is 18. The van der Waals surface area contributed by atoms with Crippen LogP contribution in [0.2, 0.25) is 0 Å². The summed E-state index contributed by atoms with van der Waals surface area (Å²) in [7, 11) is 0. The van der Waals surface area contributed by atoms with E-state index >= 15 is 0 Å². The first-order chi connectivity index (χ1) is 39.6. The van der Waals surface area contributed by atoms with Gasteiger partial charge in [0.05, 0.1) is 76.1 Å². The Kier molecular flexibility index (Phi) is 25.1. The van der Waals surface area contributed by atoms with Crippen LogP contribution in [-0.4, -0.2) is 215 Å².